The van der Waals surface area contributed by atoms with Crippen LogP contribution in [0.15, 0.2) is 12.1 Å². The molecule has 1 aromatic rings. The Hall–Kier alpha value is -1.61. The molecule has 0 aromatic heterocycles. The van der Waals surface area contributed by atoms with Crippen molar-refractivity contribution in [1.29, 1.82) is 0 Å². The third-order valence-corrected chi connectivity index (χ3v) is 2.55. The second kappa shape index (κ2) is 5.57. The number of hydrogen-bond acceptors (Lipinski definition) is 5. The summed E-state index contributed by atoms with van der Waals surface area (Å²) in [5.74, 6) is -5.54. The molecular weight excluding hydrogens is 289 g/mol. The van der Waals surface area contributed by atoms with Crippen LogP contribution < -0.4 is 0 Å². The number of esters is 1. The predicted octanol–water partition coefficient (Wildman–Crippen LogP) is 1.29. The monoisotopic (exact) mass is 298 g/mol. The normalized spacial score (nSPS) is 13.1. The van der Waals surface area contributed by atoms with Crippen molar-refractivity contribution in [3.05, 3.63) is 35.1 Å². The Balaban J connectivity index is 3.33. The first-order chi connectivity index (χ1) is 8.65. The van der Waals surface area contributed by atoms with Gasteiger partial charge in [-0.15, -0.1) is 0 Å². The zero-order valence-electron chi connectivity index (χ0n) is 9.82. The zero-order valence-corrected chi connectivity index (χ0v) is 10.6. The van der Waals surface area contributed by atoms with Crippen LogP contribution in [0, 0.1) is 17.5 Å². The highest BCUT2D eigenvalue weighted by molar-refractivity contribution is 7.86. The lowest BCUT2D eigenvalue weighted by molar-refractivity contribution is -0.149. The summed E-state index contributed by atoms with van der Waals surface area (Å²) in [6.07, 6.45) is -1.43. The van der Waals surface area contributed by atoms with E-state index < -0.39 is 45.2 Å². The smallest absolute Gasteiger partial charge is 0.341 e. The van der Waals surface area contributed by atoms with E-state index in [-0.39, 0.29) is 6.07 Å². The summed E-state index contributed by atoms with van der Waals surface area (Å²) in [5, 5.41) is 0. The SMILES string of the molecule is COC(=O)C(OS(C)(=O)=O)c1cc(F)c(F)cc1F. The van der Waals surface area contributed by atoms with Gasteiger partial charge in [-0.2, -0.15) is 8.42 Å². The quantitative estimate of drug-likeness (QED) is 0.476. The van der Waals surface area contributed by atoms with Crippen molar-refractivity contribution in [2.45, 2.75) is 6.10 Å². The summed E-state index contributed by atoms with van der Waals surface area (Å²) in [5.41, 5.74) is -0.781. The standard InChI is InChI=1S/C10H9F3O5S/c1-17-10(14)9(18-19(2,15)16)5-3-7(12)8(13)4-6(5)11/h3-4,9H,1-2H3. The first-order valence-corrected chi connectivity index (χ1v) is 6.58. The van der Waals surface area contributed by atoms with Gasteiger partial charge in [0.2, 0.25) is 6.10 Å². The van der Waals surface area contributed by atoms with Crippen LogP contribution in [0.4, 0.5) is 13.2 Å². The van der Waals surface area contributed by atoms with Crippen LogP contribution in [0.2, 0.25) is 0 Å². The van der Waals surface area contributed by atoms with Crippen LogP contribution in [0.3, 0.4) is 0 Å². The molecule has 0 heterocycles. The van der Waals surface area contributed by atoms with Crippen LogP contribution >= 0.6 is 0 Å². The van der Waals surface area contributed by atoms with Crippen molar-refractivity contribution in [2.75, 3.05) is 13.4 Å². The number of methoxy groups -OCH3 is 1. The maximum atomic E-state index is 13.5. The fraction of sp³-hybridized carbons (Fsp3) is 0.300. The number of ether oxygens (including phenoxy) is 1. The molecule has 0 saturated carbocycles. The molecule has 1 unspecified atom stereocenters. The number of carbonyl (C=O) groups excluding carboxylic acids is 1. The molecule has 5 nitrogen and oxygen atoms in total. The average Bonchev–Trinajstić information content (AvgIpc) is 2.29. The molecule has 0 amide bonds. The van der Waals surface area contributed by atoms with E-state index in [4.69, 9.17) is 0 Å². The summed E-state index contributed by atoms with van der Waals surface area (Å²) in [4.78, 5) is 11.3. The van der Waals surface area contributed by atoms with E-state index in [1.165, 1.54) is 0 Å². The highest BCUT2D eigenvalue weighted by Crippen LogP contribution is 2.25. The summed E-state index contributed by atoms with van der Waals surface area (Å²) in [7, 11) is -3.25. The highest BCUT2D eigenvalue weighted by Gasteiger charge is 2.30. The first kappa shape index (κ1) is 15.4. The molecule has 0 N–H and O–H groups in total. The molecule has 0 fully saturated rings. The molecule has 0 radical (unpaired) electrons. The van der Waals surface area contributed by atoms with Crippen molar-refractivity contribution in [1.82, 2.24) is 0 Å². The van der Waals surface area contributed by atoms with Crippen molar-refractivity contribution in [2.24, 2.45) is 0 Å². The summed E-state index contributed by atoms with van der Waals surface area (Å²) in [6, 6.07) is 0.504. The molecule has 0 spiro atoms. The fourth-order valence-corrected chi connectivity index (χ4v) is 1.77. The number of carbonyl (C=O) groups is 1. The summed E-state index contributed by atoms with van der Waals surface area (Å²) < 4.78 is 69.7. The Morgan fingerprint density at radius 3 is 2.16 bits per heavy atom. The summed E-state index contributed by atoms with van der Waals surface area (Å²) in [6.45, 7) is 0. The average molecular weight is 298 g/mol. The fourth-order valence-electron chi connectivity index (χ4n) is 1.24. The maximum Gasteiger partial charge on any atom is 0.341 e. The van der Waals surface area contributed by atoms with Crippen molar-refractivity contribution >= 4 is 16.1 Å². The van der Waals surface area contributed by atoms with Crippen LogP contribution in [0.25, 0.3) is 0 Å². The molecular formula is C10H9F3O5S. The molecule has 1 aromatic carbocycles. The first-order valence-electron chi connectivity index (χ1n) is 4.76. The molecule has 19 heavy (non-hydrogen) atoms. The minimum atomic E-state index is -4.15. The Morgan fingerprint density at radius 1 is 1.16 bits per heavy atom. The van der Waals surface area contributed by atoms with Crippen LogP contribution in [-0.2, 0) is 23.8 Å². The molecule has 0 aliphatic carbocycles. The lowest BCUT2D eigenvalue weighted by Gasteiger charge is -2.15. The van der Waals surface area contributed by atoms with E-state index >= 15 is 0 Å². The Bertz CT molecular complexity index is 599. The molecule has 1 atom stereocenters. The molecule has 0 bridgehead atoms. The number of hydrogen-bond donors (Lipinski definition) is 0. The molecule has 9 heteroatoms. The van der Waals surface area contributed by atoms with Crippen molar-refractivity contribution in [3.63, 3.8) is 0 Å². The van der Waals surface area contributed by atoms with Gasteiger partial charge in [0.1, 0.15) is 5.82 Å². The van der Waals surface area contributed by atoms with E-state index in [1.807, 2.05) is 0 Å². The summed E-state index contributed by atoms with van der Waals surface area (Å²) >= 11 is 0. The number of benzene rings is 1. The van der Waals surface area contributed by atoms with E-state index in [0.29, 0.717) is 12.3 Å². The number of halogens is 3. The van der Waals surface area contributed by atoms with Gasteiger partial charge in [-0.3, -0.25) is 0 Å². The van der Waals surface area contributed by atoms with E-state index in [0.717, 1.165) is 7.11 Å². The topological polar surface area (TPSA) is 69.7 Å². The van der Waals surface area contributed by atoms with Crippen LogP contribution in [-0.4, -0.2) is 27.8 Å². The lowest BCUT2D eigenvalue weighted by Crippen LogP contribution is -2.22. The Morgan fingerprint density at radius 2 is 1.68 bits per heavy atom. The Labute approximate surface area is 107 Å². The van der Waals surface area contributed by atoms with Gasteiger partial charge in [0.25, 0.3) is 10.1 Å². The number of rotatable bonds is 4. The van der Waals surface area contributed by atoms with E-state index in [2.05, 4.69) is 8.92 Å². The Kier molecular flexibility index (Phi) is 4.53. The van der Waals surface area contributed by atoms with Crippen molar-refractivity contribution < 1.29 is 35.3 Å². The van der Waals surface area contributed by atoms with Gasteiger partial charge < -0.3 is 4.74 Å². The molecule has 106 valence electrons. The molecule has 0 aliphatic rings. The van der Waals surface area contributed by atoms with Gasteiger partial charge in [-0.05, 0) is 6.07 Å². The minimum Gasteiger partial charge on any atom is -0.467 e. The van der Waals surface area contributed by atoms with E-state index in [9.17, 15) is 26.4 Å². The molecule has 1 rings (SSSR count). The van der Waals surface area contributed by atoms with Crippen molar-refractivity contribution in [3.8, 4) is 0 Å². The minimum absolute atomic E-state index is 0.173. The van der Waals surface area contributed by atoms with Gasteiger partial charge in [0, 0.05) is 11.6 Å². The highest BCUT2D eigenvalue weighted by atomic mass is 32.2. The van der Waals surface area contributed by atoms with Crippen LogP contribution in [0.5, 0.6) is 0 Å². The second-order valence-electron chi connectivity index (χ2n) is 3.49. The van der Waals surface area contributed by atoms with Gasteiger partial charge >= 0.3 is 5.97 Å². The largest absolute Gasteiger partial charge is 0.467 e. The maximum absolute atomic E-state index is 13.5. The molecule has 0 aliphatic heterocycles. The predicted molar refractivity (Wildman–Crippen MR) is 57.0 cm³/mol. The van der Waals surface area contributed by atoms with Crippen LogP contribution in [0.1, 0.15) is 11.7 Å². The lowest BCUT2D eigenvalue weighted by atomic mass is 10.1. The second-order valence-corrected chi connectivity index (χ2v) is 5.09. The van der Waals surface area contributed by atoms with Gasteiger partial charge in [-0.1, -0.05) is 0 Å². The zero-order chi connectivity index (χ0) is 14.8. The third-order valence-electron chi connectivity index (χ3n) is 2.01. The van der Waals surface area contributed by atoms with Gasteiger partial charge in [0.05, 0.1) is 13.4 Å². The third kappa shape index (κ3) is 3.93. The van der Waals surface area contributed by atoms with Gasteiger partial charge in [0.15, 0.2) is 11.6 Å². The van der Waals surface area contributed by atoms with E-state index in [1.54, 1.807) is 0 Å². The molecule has 0 saturated heterocycles. The van der Waals surface area contributed by atoms with Gasteiger partial charge in [-0.25, -0.2) is 22.1 Å².